The maximum atomic E-state index is 14.9. The molecule has 2 aromatic rings. The number of hydrogen-bond donors (Lipinski definition) is 1. The molecule has 3 rings (SSSR count). The monoisotopic (exact) mass is 499 g/mol. The van der Waals surface area contributed by atoms with E-state index in [1.807, 2.05) is 0 Å². The van der Waals surface area contributed by atoms with E-state index in [9.17, 15) is 18.4 Å². The number of methoxy groups -OCH3 is 2. The van der Waals surface area contributed by atoms with Gasteiger partial charge in [-0.2, -0.15) is 4.39 Å². The van der Waals surface area contributed by atoms with Gasteiger partial charge in [-0.1, -0.05) is 25.0 Å². The zero-order valence-electron chi connectivity index (χ0n) is 20.8. The zero-order valence-corrected chi connectivity index (χ0v) is 20.8. The van der Waals surface area contributed by atoms with Gasteiger partial charge in [-0.05, 0) is 67.3 Å². The molecule has 2 aromatic carbocycles. The lowest BCUT2D eigenvalue weighted by atomic mass is 9.82. The maximum Gasteiger partial charge on any atom is 0.384 e. The summed E-state index contributed by atoms with van der Waals surface area (Å²) >= 11 is 0. The molecule has 1 fully saturated rings. The van der Waals surface area contributed by atoms with E-state index < -0.39 is 23.5 Å². The number of benzene rings is 2. The quantitative estimate of drug-likeness (QED) is 0.320. The Morgan fingerprint density at radius 2 is 1.75 bits per heavy atom. The van der Waals surface area contributed by atoms with Crippen molar-refractivity contribution in [2.75, 3.05) is 20.8 Å². The third kappa shape index (κ3) is 6.97. The lowest BCUT2D eigenvalue weighted by Crippen LogP contribution is -2.32. The number of carbonyl (C=O) groups is 2. The normalized spacial score (nSPS) is 16.9. The highest BCUT2D eigenvalue weighted by molar-refractivity contribution is 5.95. The van der Waals surface area contributed by atoms with E-state index in [1.165, 1.54) is 13.2 Å². The number of halogens is 2. The number of hydrogen-bond acceptors (Lipinski definition) is 5. The third-order valence-corrected chi connectivity index (χ3v) is 6.37. The molecule has 0 bridgehead atoms. The topological polar surface area (TPSA) is 73.9 Å². The number of aryl methyl sites for hydroxylation is 1. The fourth-order valence-corrected chi connectivity index (χ4v) is 4.18. The first-order chi connectivity index (χ1) is 17.4. The van der Waals surface area contributed by atoms with Crippen LogP contribution in [0.2, 0.25) is 0 Å². The summed E-state index contributed by atoms with van der Waals surface area (Å²) in [6.07, 6.45) is 3.60. The standard InChI is InChI=1S/C28H31F2NO5/c1-4-21-15-23(25(29)26(30)27(21)36-17-20-9-12-22(34-2)13-10-20)28(33)31-16-19-7-5-18(6-8-19)11-14-24(32)35-3/h9-10,12-13,15,18-19H,4-8,16-17H2,1-3H3,(H,31,33)/t18-,19-. The molecule has 0 aromatic heterocycles. The number of esters is 1. The molecule has 8 heteroatoms. The molecule has 0 aliphatic heterocycles. The summed E-state index contributed by atoms with van der Waals surface area (Å²) in [6, 6.07) is 8.42. The van der Waals surface area contributed by atoms with E-state index in [4.69, 9.17) is 9.47 Å². The van der Waals surface area contributed by atoms with Gasteiger partial charge in [-0.3, -0.25) is 4.79 Å². The van der Waals surface area contributed by atoms with Crippen LogP contribution in [0, 0.1) is 35.3 Å². The Labute approximate surface area is 210 Å². The number of ether oxygens (including phenoxy) is 3. The Balaban J connectivity index is 1.60. The molecule has 192 valence electrons. The van der Waals surface area contributed by atoms with Gasteiger partial charge in [0.2, 0.25) is 5.82 Å². The van der Waals surface area contributed by atoms with Crippen LogP contribution in [-0.2, 0) is 22.6 Å². The zero-order chi connectivity index (χ0) is 26.1. The molecule has 0 radical (unpaired) electrons. The maximum absolute atomic E-state index is 14.9. The molecule has 0 saturated heterocycles. The van der Waals surface area contributed by atoms with Crippen molar-refractivity contribution >= 4 is 11.9 Å². The van der Waals surface area contributed by atoms with Crippen LogP contribution in [0.3, 0.4) is 0 Å². The van der Waals surface area contributed by atoms with Crippen molar-refractivity contribution in [1.82, 2.24) is 5.32 Å². The predicted octanol–water partition coefficient (Wildman–Crippen LogP) is 4.83. The molecular formula is C28H31F2NO5. The van der Waals surface area contributed by atoms with Gasteiger partial charge in [0.15, 0.2) is 11.6 Å². The summed E-state index contributed by atoms with van der Waals surface area (Å²) in [5.41, 5.74) is 0.849. The molecular weight excluding hydrogens is 468 g/mol. The first-order valence-electron chi connectivity index (χ1n) is 12.0. The Morgan fingerprint density at radius 1 is 1.06 bits per heavy atom. The Morgan fingerprint density at radius 3 is 2.36 bits per heavy atom. The van der Waals surface area contributed by atoms with Gasteiger partial charge >= 0.3 is 5.97 Å². The Kier molecular flexibility index (Phi) is 9.69. The lowest BCUT2D eigenvalue weighted by molar-refractivity contribution is -0.133. The summed E-state index contributed by atoms with van der Waals surface area (Å²) in [6.45, 7) is 2.19. The minimum absolute atomic E-state index is 0.0472. The molecule has 1 amide bonds. The van der Waals surface area contributed by atoms with E-state index in [1.54, 1.807) is 38.3 Å². The fraction of sp³-hybridized carbons (Fsp3) is 0.429. The Hall–Kier alpha value is -3.60. The van der Waals surface area contributed by atoms with Crippen molar-refractivity contribution < 1.29 is 32.6 Å². The third-order valence-electron chi connectivity index (χ3n) is 6.37. The molecule has 0 unspecified atom stereocenters. The van der Waals surface area contributed by atoms with Crippen LogP contribution < -0.4 is 14.8 Å². The van der Waals surface area contributed by atoms with Gasteiger partial charge in [0.1, 0.15) is 12.4 Å². The fourth-order valence-electron chi connectivity index (χ4n) is 4.18. The molecule has 1 aliphatic rings. The second-order valence-corrected chi connectivity index (χ2v) is 8.72. The van der Waals surface area contributed by atoms with Gasteiger partial charge in [-0.25, -0.2) is 9.18 Å². The molecule has 36 heavy (non-hydrogen) atoms. The minimum atomic E-state index is -1.23. The molecule has 0 heterocycles. The average Bonchev–Trinajstić information content (AvgIpc) is 2.91. The van der Waals surface area contributed by atoms with Crippen molar-refractivity contribution in [3.63, 3.8) is 0 Å². The van der Waals surface area contributed by atoms with Gasteiger partial charge in [0.25, 0.3) is 5.91 Å². The van der Waals surface area contributed by atoms with Gasteiger partial charge in [0, 0.05) is 18.4 Å². The lowest BCUT2D eigenvalue weighted by Gasteiger charge is -2.25. The van der Waals surface area contributed by atoms with Gasteiger partial charge < -0.3 is 19.5 Å². The van der Waals surface area contributed by atoms with Crippen LogP contribution in [-0.4, -0.2) is 32.6 Å². The van der Waals surface area contributed by atoms with E-state index >= 15 is 0 Å². The summed E-state index contributed by atoms with van der Waals surface area (Å²) in [5, 5.41) is 2.74. The van der Waals surface area contributed by atoms with Crippen LogP contribution in [0.15, 0.2) is 30.3 Å². The first-order valence-corrected chi connectivity index (χ1v) is 12.0. The van der Waals surface area contributed by atoms with Crippen molar-refractivity contribution in [1.29, 1.82) is 0 Å². The number of carbonyl (C=O) groups excluding carboxylic acids is 2. The van der Waals surface area contributed by atoms with Crippen molar-refractivity contribution in [3.05, 3.63) is 58.7 Å². The highest BCUT2D eigenvalue weighted by atomic mass is 19.2. The highest BCUT2D eigenvalue weighted by Crippen LogP contribution is 2.31. The predicted molar refractivity (Wildman–Crippen MR) is 131 cm³/mol. The number of rotatable bonds is 8. The smallest absolute Gasteiger partial charge is 0.384 e. The Bertz CT molecular complexity index is 1130. The summed E-state index contributed by atoms with van der Waals surface area (Å²) in [4.78, 5) is 23.9. The van der Waals surface area contributed by atoms with Crippen LogP contribution in [0.5, 0.6) is 11.5 Å². The first kappa shape index (κ1) is 27.0. The van der Waals surface area contributed by atoms with E-state index in [2.05, 4.69) is 21.9 Å². The second kappa shape index (κ2) is 12.9. The highest BCUT2D eigenvalue weighted by Gasteiger charge is 2.25. The van der Waals surface area contributed by atoms with Crippen LogP contribution >= 0.6 is 0 Å². The van der Waals surface area contributed by atoms with Crippen molar-refractivity contribution in [2.45, 2.75) is 45.6 Å². The summed E-state index contributed by atoms with van der Waals surface area (Å²) in [7, 11) is 2.85. The van der Waals surface area contributed by atoms with Crippen molar-refractivity contribution in [2.24, 2.45) is 11.8 Å². The van der Waals surface area contributed by atoms with Gasteiger partial charge in [0.05, 0.1) is 19.8 Å². The van der Waals surface area contributed by atoms with E-state index in [-0.39, 0.29) is 29.8 Å². The SMILES string of the molecule is CCc1cc(C(=O)NC[C@H]2CC[C@H](C#CC(=O)OC)CC2)c(F)c(F)c1OCc1ccc(OC)cc1. The molecule has 1 N–H and O–H groups in total. The van der Waals surface area contributed by atoms with Crippen LogP contribution in [0.25, 0.3) is 0 Å². The van der Waals surface area contributed by atoms with Crippen molar-refractivity contribution in [3.8, 4) is 23.3 Å². The molecule has 6 nitrogen and oxygen atoms in total. The summed E-state index contributed by atoms with van der Waals surface area (Å²) < 4.78 is 45.1. The van der Waals surface area contributed by atoms with E-state index in [0.29, 0.717) is 24.3 Å². The minimum Gasteiger partial charge on any atom is -0.497 e. The number of nitrogens with one attached hydrogen (secondary N) is 1. The molecule has 1 saturated carbocycles. The number of amides is 1. The summed E-state index contributed by atoms with van der Waals surface area (Å²) in [5.74, 6) is 2.59. The largest absolute Gasteiger partial charge is 0.497 e. The average molecular weight is 500 g/mol. The van der Waals surface area contributed by atoms with Gasteiger partial charge in [-0.15, -0.1) is 0 Å². The van der Waals surface area contributed by atoms with Crippen LogP contribution in [0.4, 0.5) is 8.78 Å². The van der Waals surface area contributed by atoms with E-state index in [0.717, 1.165) is 31.2 Å². The van der Waals surface area contributed by atoms with Crippen LogP contribution in [0.1, 0.15) is 54.1 Å². The second-order valence-electron chi connectivity index (χ2n) is 8.72. The molecule has 0 spiro atoms. The molecule has 0 atom stereocenters. The molecule has 1 aliphatic carbocycles.